The molecular formula is C23H25N3O5. The SMILES string of the molecule is CN(CC(=O)N1CCOCC1)C(=O)CCCN1C(=O)c2cccc3cccc(c23)C1=O. The summed E-state index contributed by atoms with van der Waals surface area (Å²) in [5.74, 6) is -0.971. The van der Waals surface area contributed by atoms with Gasteiger partial charge >= 0.3 is 0 Å². The lowest BCUT2D eigenvalue weighted by atomic mass is 9.94. The van der Waals surface area contributed by atoms with Gasteiger partial charge in [0.25, 0.3) is 11.8 Å². The van der Waals surface area contributed by atoms with E-state index in [9.17, 15) is 19.2 Å². The number of imide groups is 1. The lowest BCUT2D eigenvalue weighted by Crippen LogP contribution is -2.46. The number of nitrogens with zero attached hydrogens (tertiary/aromatic N) is 3. The van der Waals surface area contributed by atoms with Crippen LogP contribution in [0, 0.1) is 0 Å². The summed E-state index contributed by atoms with van der Waals surface area (Å²) in [7, 11) is 1.59. The number of carbonyl (C=O) groups is 4. The van der Waals surface area contributed by atoms with Crippen LogP contribution in [0.15, 0.2) is 36.4 Å². The van der Waals surface area contributed by atoms with Crippen LogP contribution in [0.25, 0.3) is 10.8 Å². The Kier molecular flexibility index (Phi) is 5.99. The molecular weight excluding hydrogens is 398 g/mol. The average molecular weight is 423 g/mol. The van der Waals surface area contributed by atoms with Gasteiger partial charge in [-0.25, -0.2) is 0 Å². The first-order valence-corrected chi connectivity index (χ1v) is 10.4. The van der Waals surface area contributed by atoms with E-state index in [0.717, 1.165) is 5.39 Å². The van der Waals surface area contributed by atoms with Gasteiger partial charge in [-0.1, -0.05) is 24.3 Å². The van der Waals surface area contributed by atoms with Crippen LogP contribution in [-0.4, -0.2) is 84.8 Å². The molecule has 0 N–H and O–H groups in total. The highest BCUT2D eigenvalue weighted by Crippen LogP contribution is 2.30. The Bertz CT molecular complexity index is 994. The minimum atomic E-state index is -0.336. The minimum absolute atomic E-state index is 0.00970. The van der Waals surface area contributed by atoms with Gasteiger partial charge in [0, 0.05) is 49.6 Å². The number of amides is 4. The Balaban J connectivity index is 1.34. The molecule has 0 atom stereocenters. The summed E-state index contributed by atoms with van der Waals surface area (Å²) < 4.78 is 5.24. The zero-order valence-corrected chi connectivity index (χ0v) is 17.5. The molecule has 0 aliphatic carbocycles. The maximum atomic E-state index is 12.9. The minimum Gasteiger partial charge on any atom is -0.378 e. The van der Waals surface area contributed by atoms with Crippen LogP contribution in [-0.2, 0) is 14.3 Å². The molecule has 162 valence electrons. The van der Waals surface area contributed by atoms with Crippen LogP contribution in [0.3, 0.4) is 0 Å². The third kappa shape index (κ3) is 4.16. The predicted octanol–water partition coefficient (Wildman–Crippen LogP) is 1.53. The number of carbonyl (C=O) groups excluding carboxylic acids is 4. The molecule has 2 aliphatic rings. The van der Waals surface area contributed by atoms with Gasteiger partial charge in [-0.05, 0) is 23.9 Å². The Morgan fingerprint density at radius 2 is 1.61 bits per heavy atom. The van der Waals surface area contributed by atoms with E-state index in [1.807, 2.05) is 12.1 Å². The molecule has 4 amide bonds. The van der Waals surface area contributed by atoms with Crippen molar-refractivity contribution in [2.75, 3.05) is 46.4 Å². The molecule has 0 spiro atoms. The quantitative estimate of drug-likeness (QED) is 0.658. The standard InChI is InChI=1S/C23H25N3O5/c1-24(15-20(28)25-11-13-31-14-12-25)19(27)9-4-10-26-22(29)17-7-2-5-16-6-3-8-18(21(16)17)23(26)30/h2-3,5-8H,4,9-15H2,1H3. The molecule has 4 rings (SSSR count). The van der Waals surface area contributed by atoms with Crippen molar-refractivity contribution in [1.29, 1.82) is 0 Å². The van der Waals surface area contributed by atoms with Gasteiger partial charge in [0.15, 0.2) is 0 Å². The molecule has 2 heterocycles. The van der Waals surface area contributed by atoms with Crippen LogP contribution in [0.2, 0.25) is 0 Å². The first-order valence-electron chi connectivity index (χ1n) is 10.4. The third-order valence-corrected chi connectivity index (χ3v) is 5.79. The number of ether oxygens (including phenoxy) is 1. The lowest BCUT2D eigenvalue weighted by Gasteiger charge is -2.29. The molecule has 0 saturated carbocycles. The number of hydrogen-bond acceptors (Lipinski definition) is 5. The molecule has 2 aliphatic heterocycles. The number of likely N-dealkylation sites (N-methyl/N-ethyl adjacent to an activating group) is 1. The fraction of sp³-hybridized carbons (Fsp3) is 0.391. The van der Waals surface area contributed by atoms with E-state index in [0.29, 0.717) is 49.2 Å². The largest absolute Gasteiger partial charge is 0.378 e. The van der Waals surface area contributed by atoms with Crippen LogP contribution in [0.1, 0.15) is 33.6 Å². The van der Waals surface area contributed by atoms with Gasteiger partial charge in [0.1, 0.15) is 0 Å². The maximum Gasteiger partial charge on any atom is 0.261 e. The van der Waals surface area contributed by atoms with E-state index in [2.05, 4.69) is 0 Å². The van der Waals surface area contributed by atoms with E-state index in [4.69, 9.17) is 4.74 Å². The van der Waals surface area contributed by atoms with Gasteiger partial charge in [-0.15, -0.1) is 0 Å². The highest BCUT2D eigenvalue weighted by Gasteiger charge is 2.32. The summed E-state index contributed by atoms with van der Waals surface area (Å²) in [6.45, 7) is 2.26. The Morgan fingerprint density at radius 3 is 2.23 bits per heavy atom. The number of benzene rings is 2. The third-order valence-electron chi connectivity index (χ3n) is 5.79. The summed E-state index contributed by atoms with van der Waals surface area (Å²) in [6, 6.07) is 10.8. The van der Waals surface area contributed by atoms with Crippen molar-refractivity contribution in [3.63, 3.8) is 0 Å². The highest BCUT2D eigenvalue weighted by atomic mass is 16.5. The zero-order valence-electron chi connectivity index (χ0n) is 17.5. The Morgan fingerprint density at radius 1 is 1.00 bits per heavy atom. The van der Waals surface area contributed by atoms with E-state index in [1.165, 1.54) is 9.80 Å². The Hall–Kier alpha value is -3.26. The molecule has 2 aromatic carbocycles. The van der Waals surface area contributed by atoms with Crippen LogP contribution >= 0.6 is 0 Å². The normalized spacial score (nSPS) is 16.0. The molecule has 8 nitrogen and oxygen atoms in total. The van der Waals surface area contributed by atoms with Crippen molar-refractivity contribution in [3.8, 4) is 0 Å². The van der Waals surface area contributed by atoms with E-state index < -0.39 is 0 Å². The number of hydrogen-bond donors (Lipinski definition) is 0. The monoisotopic (exact) mass is 423 g/mol. The van der Waals surface area contributed by atoms with Gasteiger partial charge in [0.05, 0.1) is 19.8 Å². The molecule has 0 unspecified atom stereocenters. The number of morpholine rings is 1. The fourth-order valence-electron chi connectivity index (χ4n) is 4.07. The van der Waals surface area contributed by atoms with Gasteiger partial charge in [-0.2, -0.15) is 0 Å². The first-order chi connectivity index (χ1) is 15.0. The fourth-order valence-corrected chi connectivity index (χ4v) is 4.07. The second-order valence-electron chi connectivity index (χ2n) is 7.82. The topological polar surface area (TPSA) is 87.2 Å². The second kappa shape index (κ2) is 8.85. The molecule has 31 heavy (non-hydrogen) atoms. The molecule has 0 aromatic heterocycles. The van der Waals surface area contributed by atoms with Crippen molar-refractivity contribution in [2.45, 2.75) is 12.8 Å². The van der Waals surface area contributed by atoms with E-state index in [1.54, 1.807) is 36.2 Å². The molecule has 0 radical (unpaired) electrons. The summed E-state index contributed by atoms with van der Waals surface area (Å²) in [6.07, 6.45) is 0.486. The summed E-state index contributed by atoms with van der Waals surface area (Å²) in [4.78, 5) is 54.9. The van der Waals surface area contributed by atoms with Crippen molar-refractivity contribution < 1.29 is 23.9 Å². The second-order valence-corrected chi connectivity index (χ2v) is 7.82. The number of rotatable bonds is 6. The zero-order chi connectivity index (χ0) is 22.0. The van der Waals surface area contributed by atoms with Gasteiger partial charge in [-0.3, -0.25) is 24.1 Å². The highest BCUT2D eigenvalue weighted by molar-refractivity contribution is 6.25. The predicted molar refractivity (Wildman–Crippen MR) is 114 cm³/mol. The maximum absolute atomic E-state index is 12.9. The summed E-state index contributed by atoms with van der Waals surface area (Å²) in [5.41, 5.74) is 1.01. The average Bonchev–Trinajstić information content (AvgIpc) is 2.79. The Labute approximate surface area is 180 Å². The van der Waals surface area contributed by atoms with Gasteiger partial charge < -0.3 is 14.5 Å². The smallest absolute Gasteiger partial charge is 0.261 e. The van der Waals surface area contributed by atoms with Crippen molar-refractivity contribution >= 4 is 34.4 Å². The van der Waals surface area contributed by atoms with Crippen LogP contribution in [0.4, 0.5) is 0 Å². The van der Waals surface area contributed by atoms with Crippen molar-refractivity contribution in [2.24, 2.45) is 0 Å². The van der Waals surface area contributed by atoms with Crippen LogP contribution < -0.4 is 0 Å². The first kappa shape index (κ1) is 21.0. The van der Waals surface area contributed by atoms with E-state index >= 15 is 0 Å². The summed E-state index contributed by atoms with van der Waals surface area (Å²) >= 11 is 0. The molecule has 2 aromatic rings. The molecule has 8 heteroatoms. The summed E-state index contributed by atoms with van der Waals surface area (Å²) in [5, 5.41) is 1.55. The molecule has 1 fully saturated rings. The lowest BCUT2D eigenvalue weighted by molar-refractivity contribution is -0.141. The van der Waals surface area contributed by atoms with Crippen LogP contribution in [0.5, 0.6) is 0 Å². The van der Waals surface area contributed by atoms with Crippen molar-refractivity contribution in [1.82, 2.24) is 14.7 Å². The van der Waals surface area contributed by atoms with E-state index in [-0.39, 0.29) is 43.1 Å². The molecule has 1 saturated heterocycles. The molecule has 0 bridgehead atoms. The van der Waals surface area contributed by atoms with Crippen molar-refractivity contribution in [3.05, 3.63) is 47.5 Å². The van der Waals surface area contributed by atoms with Gasteiger partial charge in [0.2, 0.25) is 11.8 Å².